The van der Waals surface area contributed by atoms with Crippen molar-refractivity contribution in [2.45, 2.75) is 30.4 Å². The molecule has 1 aromatic rings. The summed E-state index contributed by atoms with van der Waals surface area (Å²) in [5.74, 6) is -1.27. The number of benzene rings is 1. The first-order valence-electron chi connectivity index (χ1n) is 8.22. The van der Waals surface area contributed by atoms with Crippen molar-refractivity contribution in [1.82, 2.24) is 16.0 Å². The van der Waals surface area contributed by atoms with E-state index in [1.807, 2.05) is 0 Å². The van der Waals surface area contributed by atoms with Crippen LogP contribution >= 0.6 is 11.8 Å². The van der Waals surface area contributed by atoms with Crippen molar-refractivity contribution in [3.05, 3.63) is 42.5 Å². The van der Waals surface area contributed by atoms with Gasteiger partial charge in [-0.2, -0.15) is 0 Å². The van der Waals surface area contributed by atoms with Crippen molar-refractivity contribution < 1.29 is 23.9 Å². The van der Waals surface area contributed by atoms with Crippen molar-refractivity contribution >= 4 is 35.6 Å². The van der Waals surface area contributed by atoms with Gasteiger partial charge in [0, 0.05) is 17.2 Å². The molecule has 2 atom stereocenters. The molecule has 0 saturated carbocycles. The van der Waals surface area contributed by atoms with E-state index in [0.29, 0.717) is 4.90 Å². The highest BCUT2D eigenvalue weighted by atomic mass is 32.2. The Morgan fingerprint density at radius 2 is 2.07 bits per heavy atom. The molecule has 1 aromatic carbocycles. The molecule has 2 rings (SSSR count). The molecule has 0 unspecified atom stereocenters. The van der Waals surface area contributed by atoms with Crippen LogP contribution in [0.1, 0.15) is 24.2 Å². The molecule has 8 nitrogen and oxygen atoms in total. The summed E-state index contributed by atoms with van der Waals surface area (Å²) < 4.78 is 5.22. The zero-order chi connectivity index (χ0) is 20.0. The Morgan fingerprint density at radius 1 is 1.37 bits per heavy atom. The number of imide groups is 1. The lowest BCUT2D eigenvalue weighted by Gasteiger charge is -2.20. The molecule has 0 bridgehead atoms. The molecule has 9 heteroatoms. The normalized spacial score (nSPS) is 19.6. The lowest BCUT2D eigenvalue weighted by Crippen LogP contribution is -2.46. The van der Waals surface area contributed by atoms with Crippen molar-refractivity contribution in [3.8, 4) is 0 Å². The van der Waals surface area contributed by atoms with Crippen molar-refractivity contribution in [2.75, 3.05) is 12.3 Å². The van der Waals surface area contributed by atoms with Crippen LogP contribution in [-0.2, 0) is 14.3 Å². The molecule has 0 spiro atoms. The van der Waals surface area contributed by atoms with Crippen molar-refractivity contribution in [2.24, 2.45) is 0 Å². The third-order valence-corrected chi connectivity index (χ3v) is 5.20. The lowest BCUT2D eigenvalue weighted by atomic mass is 10.1. The molecular weight excluding hydrogens is 370 g/mol. The smallest absolute Gasteiger partial charge is 0.340 e. The molecule has 27 heavy (non-hydrogen) atoms. The quantitative estimate of drug-likeness (QED) is 0.266. The summed E-state index contributed by atoms with van der Waals surface area (Å²) in [6.07, 6.45) is 0.560. The molecule has 1 fully saturated rings. The highest BCUT2D eigenvalue weighted by Crippen LogP contribution is 2.28. The Balaban J connectivity index is 2.05. The first-order valence-corrected chi connectivity index (χ1v) is 9.20. The van der Waals surface area contributed by atoms with Gasteiger partial charge in [0.1, 0.15) is 5.54 Å². The van der Waals surface area contributed by atoms with E-state index in [0.717, 1.165) is 0 Å². The summed E-state index contributed by atoms with van der Waals surface area (Å²) >= 11 is 1.24. The molecule has 0 aromatic heterocycles. The minimum absolute atomic E-state index is 0.226. The van der Waals surface area contributed by atoms with Crippen LogP contribution in [0.3, 0.4) is 0 Å². The zero-order valence-electron chi connectivity index (χ0n) is 15.0. The van der Waals surface area contributed by atoms with Crippen LogP contribution in [0.25, 0.3) is 0 Å². The average molecular weight is 391 g/mol. The van der Waals surface area contributed by atoms with Crippen LogP contribution in [-0.4, -0.2) is 47.8 Å². The number of ether oxygens (including phenoxy) is 1. The van der Waals surface area contributed by atoms with Gasteiger partial charge in [-0.1, -0.05) is 18.2 Å². The van der Waals surface area contributed by atoms with Crippen LogP contribution in [0.15, 0.2) is 41.8 Å². The molecule has 1 aliphatic rings. The first-order chi connectivity index (χ1) is 12.8. The van der Waals surface area contributed by atoms with Crippen LogP contribution < -0.4 is 16.0 Å². The maximum atomic E-state index is 12.5. The van der Waals surface area contributed by atoms with E-state index in [4.69, 9.17) is 4.74 Å². The molecule has 144 valence electrons. The number of thioether (sulfide) groups is 1. The van der Waals surface area contributed by atoms with E-state index in [-0.39, 0.29) is 17.9 Å². The maximum Gasteiger partial charge on any atom is 0.340 e. The van der Waals surface area contributed by atoms with Crippen molar-refractivity contribution in [3.63, 3.8) is 0 Å². The summed E-state index contributed by atoms with van der Waals surface area (Å²) in [5, 5.41) is 7.31. The second-order valence-corrected chi connectivity index (χ2v) is 7.12. The fraction of sp³-hybridized carbons (Fsp3) is 0.333. The standard InChI is InChI=1S/C18H21N3O5S/c1-4-9-19-14(22)11(2)26-15(23)12-7-5-6-8-13(12)27-10-18(3)16(24)20-17(25)21-18/h4-8,11H,1,9-10H2,2-3H3,(H,19,22)(H2,20,21,24,25)/t11-,18+/m0/s1. The second-order valence-electron chi connectivity index (χ2n) is 6.11. The number of urea groups is 1. The summed E-state index contributed by atoms with van der Waals surface area (Å²) in [7, 11) is 0. The van der Waals surface area contributed by atoms with Gasteiger partial charge in [0.15, 0.2) is 6.10 Å². The minimum atomic E-state index is -1.07. The van der Waals surface area contributed by atoms with Gasteiger partial charge in [0.25, 0.3) is 11.8 Å². The fourth-order valence-electron chi connectivity index (χ4n) is 2.26. The van der Waals surface area contributed by atoms with Crippen LogP contribution in [0, 0.1) is 0 Å². The molecule has 1 saturated heterocycles. The Hall–Kier alpha value is -2.81. The minimum Gasteiger partial charge on any atom is -0.449 e. The largest absolute Gasteiger partial charge is 0.449 e. The van der Waals surface area contributed by atoms with Gasteiger partial charge in [0.05, 0.1) is 5.56 Å². The molecule has 0 radical (unpaired) electrons. The van der Waals surface area contributed by atoms with E-state index >= 15 is 0 Å². The summed E-state index contributed by atoms with van der Waals surface area (Å²) in [4.78, 5) is 48.1. The Labute approximate surface area is 161 Å². The summed E-state index contributed by atoms with van der Waals surface area (Å²) in [5.41, 5.74) is -0.796. The molecule has 4 amide bonds. The summed E-state index contributed by atoms with van der Waals surface area (Å²) in [6.45, 7) is 6.86. The second kappa shape index (κ2) is 8.72. The third-order valence-electron chi connectivity index (χ3n) is 3.81. The van der Waals surface area contributed by atoms with E-state index in [1.54, 1.807) is 31.2 Å². The van der Waals surface area contributed by atoms with E-state index < -0.39 is 35.5 Å². The molecule has 0 aliphatic carbocycles. The Morgan fingerprint density at radius 3 is 2.70 bits per heavy atom. The van der Waals surface area contributed by atoms with Crippen molar-refractivity contribution in [1.29, 1.82) is 0 Å². The van der Waals surface area contributed by atoms with Gasteiger partial charge >= 0.3 is 12.0 Å². The summed E-state index contributed by atoms with van der Waals surface area (Å²) in [6, 6.07) is 6.16. The van der Waals surface area contributed by atoms with E-state index in [2.05, 4.69) is 22.5 Å². The predicted octanol–water partition coefficient (Wildman–Crippen LogP) is 1.22. The van der Waals surface area contributed by atoms with Gasteiger partial charge in [0.2, 0.25) is 0 Å². The van der Waals surface area contributed by atoms with Gasteiger partial charge in [-0.15, -0.1) is 18.3 Å². The SMILES string of the molecule is C=CCNC(=O)[C@H](C)OC(=O)c1ccccc1SC[C@@]1(C)NC(=O)NC1=O. The zero-order valence-corrected chi connectivity index (χ0v) is 15.9. The Bertz CT molecular complexity index is 782. The monoisotopic (exact) mass is 391 g/mol. The first kappa shape index (κ1) is 20.5. The maximum absolute atomic E-state index is 12.5. The van der Waals surface area contributed by atoms with Gasteiger partial charge in [-0.3, -0.25) is 14.9 Å². The number of carbonyl (C=O) groups is 4. The predicted molar refractivity (Wildman–Crippen MR) is 100 cm³/mol. The van der Waals surface area contributed by atoms with Crippen LogP contribution in [0.5, 0.6) is 0 Å². The number of esters is 1. The van der Waals surface area contributed by atoms with E-state index in [1.165, 1.54) is 24.8 Å². The fourth-order valence-corrected chi connectivity index (χ4v) is 3.39. The van der Waals surface area contributed by atoms with Gasteiger partial charge in [-0.05, 0) is 26.0 Å². The lowest BCUT2D eigenvalue weighted by molar-refractivity contribution is -0.128. The van der Waals surface area contributed by atoms with Gasteiger partial charge in [-0.25, -0.2) is 9.59 Å². The van der Waals surface area contributed by atoms with Crippen LogP contribution in [0.4, 0.5) is 4.79 Å². The average Bonchev–Trinajstić information content (AvgIpc) is 2.90. The number of amides is 4. The number of hydrogen-bond acceptors (Lipinski definition) is 6. The number of nitrogens with one attached hydrogen (secondary N) is 3. The molecule has 1 aliphatic heterocycles. The topological polar surface area (TPSA) is 114 Å². The number of hydrogen-bond donors (Lipinski definition) is 3. The highest BCUT2D eigenvalue weighted by molar-refractivity contribution is 7.99. The van der Waals surface area contributed by atoms with Gasteiger partial charge < -0.3 is 15.4 Å². The van der Waals surface area contributed by atoms with E-state index in [9.17, 15) is 19.2 Å². The number of carbonyl (C=O) groups excluding carboxylic acids is 4. The third kappa shape index (κ3) is 5.10. The molecular formula is C18H21N3O5S. The molecule has 1 heterocycles. The highest BCUT2D eigenvalue weighted by Gasteiger charge is 2.42. The molecule has 3 N–H and O–H groups in total. The number of rotatable bonds is 8. The van der Waals surface area contributed by atoms with Crippen LogP contribution in [0.2, 0.25) is 0 Å². The Kier molecular flexibility index (Phi) is 6.62.